The Morgan fingerprint density at radius 2 is 0.534 bits per heavy atom. The van der Waals surface area contributed by atoms with Crippen LogP contribution in [0.5, 0.6) is 0 Å². The minimum Gasteiger partial charge on any atom is -0.423 e. The highest BCUT2D eigenvalue weighted by Crippen LogP contribution is 2.34. The van der Waals surface area contributed by atoms with Crippen molar-refractivity contribution in [3.63, 3.8) is 0 Å². The molecule has 10 aromatic rings. The normalized spacial score (nSPS) is 12.5. The molecule has 8 aliphatic carbocycles. The maximum absolute atomic E-state index is 8.94. The first-order chi connectivity index (χ1) is 35.8. The lowest BCUT2D eigenvalue weighted by Crippen LogP contribution is -2.29. The number of hydrogen-bond acceptors (Lipinski definition) is 2. The van der Waals surface area contributed by atoms with Gasteiger partial charge in [0.15, 0.2) is 0 Å². The summed E-state index contributed by atoms with van der Waals surface area (Å²) < 4.78 is 2.51. The predicted molar refractivity (Wildman–Crippen MR) is 314 cm³/mol. The van der Waals surface area contributed by atoms with E-state index in [4.69, 9.17) is 10.0 Å². The lowest BCUT2D eigenvalue weighted by atomic mass is 9.80. The van der Waals surface area contributed by atoms with Gasteiger partial charge in [-0.1, -0.05) is 256 Å². The largest absolute Gasteiger partial charge is 0.488 e. The summed E-state index contributed by atoms with van der Waals surface area (Å²) in [6.07, 6.45) is 8.49. The lowest BCUT2D eigenvalue weighted by Gasteiger charge is -2.18. The van der Waals surface area contributed by atoms with Crippen LogP contribution in [0.15, 0.2) is 246 Å². The third kappa shape index (κ3) is 12.7. The quantitative estimate of drug-likeness (QED) is 0.163. The number of rotatable bonds is 6. The van der Waals surface area contributed by atoms with Crippen molar-refractivity contribution in [1.82, 2.24) is 0 Å². The molecule has 0 saturated heterocycles. The van der Waals surface area contributed by atoms with Crippen molar-refractivity contribution in [2.45, 2.75) is 51.4 Å². The van der Waals surface area contributed by atoms with Crippen LogP contribution >= 0.6 is 31.9 Å². The Hall–Kier alpha value is -6.86. The zero-order valence-corrected chi connectivity index (χ0v) is 44.1. The highest BCUT2D eigenvalue weighted by atomic mass is 79.9. The van der Waals surface area contributed by atoms with Crippen LogP contribution < -0.4 is 5.46 Å². The minimum absolute atomic E-state index is 0.509. The van der Waals surface area contributed by atoms with Crippen LogP contribution in [0.25, 0.3) is 55.6 Å². The molecule has 2 N–H and O–H groups in total. The Bertz CT molecular complexity index is 3220. The molecule has 8 bridgehead atoms. The van der Waals surface area contributed by atoms with E-state index < -0.39 is 7.12 Å². The van der Waals surface area contributed by atoms with Crippen molar-refractivity contribution in [2.75, 3.05) is 0 Å². The van der Waals surface area contributed by atoms with Gasteiger partial charge in [-0.3, -0.25) is 0 Å². The molecule has 0 aromatic heterocycles. The molecule has 0 spiro atoms. The fourth-order valence-electron chi connectivity index (χ4n) is 9.97. The van der Waals surface area contributed by atoms with E-state index in [-0.39, 0.29) is 0 Å². The third-order valence-electron chi connectivity index (χ3n) is 14.2. The molecule has 0 heterocycles. The number of benzene rings is 10. The van der Waals surface area contributed by atoms with Gasteiger partial charge in [0, 0.05) is 8.95 Å². The molecule has 0 radical (unpaired) electrons. The van der Waals surface area contributed by atoms with Gasteiger partial charge < -0.3 is 10.0 Å². The summed E-state index contributed by atoms with van der Waals surface area (Å²) in [5, 5.41) is 17.9. The molecule has 18 rings (SSSR count). The number of aryl methyl sites for hydroxylation is 8. The van der Waals surface area contributed by atoms with E-state index in [0.29, 0.717) is 5.46 Å². The summed E-state index contributed by atoms with van der Waals surface area (Å²) in [6.45, 7) is 0. The molecule has 10 aromatic carbocycles. The Balaban J connectivity index is 0.000000152. The first kappa shape index (κ1) is 49.7. The summed E-state index contributed by atoms with van der Waals surface area (Å²) in [5.41, 5.74) is 24.4. The zero-order valence-electron chi connectivity index (χ0n) is 40.9. The van der Waals surface area contributed by atoms with Crippen LogP contribution in [0.3, 0.4) is 0 Å². The molecule has 0 aliphatic heterocycles. The van der Waals surface area contributed by atoms with Crippen LogP contribution in [0.1, 0.15) is 44.5 Å². The summed E-state index contributed by atoms with van der Waals surface area (Å²) in [4.78, 5) is 0. The van der Waals surface area contributed by atoms with E-state index in [1.54, 1.807) is 12.1 Å². The van der Waals surface area contributed by atoms with Crippen molar-refractivity contribution in [2.24, 2.45) is 0 Å². The third-order valence-corrected chi connectivity index (χ3v) is 15.7. The van der Waals surface area contributed by atoms with Crippen molar-refractivity contribution in [3.05, 3.63) is 290 Å². The molecule has 0 unspecified atom stereocenters. The Morgan fingerprint density at radius 3 is 0.863 bits per heavy atom. The summed E-state index contributed by atoms with van der Waals surface area (Å²) in [6, 6.07) is 84.6. The second kappa shape index (κ2) is 23.8. The molecule has 5 heteroatoms. The summed E-state index contributed by atoms with van der Waals surface area (Å²) in [5.74, 6) is 0. The minimum atomic E-state index is -1.39. The smallest absolute Gasteiger partial charge is 0.423 e. The Labute approximate surface area is 448 Å². The van der Waals surface area contributed by atoms with Gasteiger partial charge in [0.25, 0.3) is 0 Å². The molecule has 73 heavy (non-hydrogen) atoms. The molecule has 0 fully saturated rings. The molecule has 0 atom stereocenters. The predicted octanol–water partition coefficient (Wildman–Crippen LogP) is 16.4. The fourth-order valence-corrected chi connectivity index (χ4v) is 11.2. The van der Waals surface area contributed by atoms with E-state index in [9.17, 15) is 0 Å². The Morgan fingerprint density at radius 1 is 0.260 bits per heavy atom. The second-order valence-electron chi connectivity index (χ2n) is 19.1. The van der Waals surface area contributed by atoms with Crippen LogP contribution in [0.4, 0.5) is 0 Å². The summed E-state index contributed by atoms with van der Waals surface area (Å²) >= 11 is 7.39. The van der Waals surface area contributed by atoms with Gasteiger partial charge in [-0.25, -0.2) is 0 Å². The van der Waals surface area contributed by atoms with Gasteiger partial charge in [-0.05, 0) is 169 Å². The maximum Gasteiger partial charge on any atom is 0.488 e. The zero-order chi connectivity index (χ0) is 49.9. The average molecular weight is 1080 g/mol. The second-order valence-corrected chi connectivity index (χ2v) is 20.8. The molecule has 358 valence electrons. The summed E-state index contributed by atoms with van der Waals surface area (Å²) in [7, 11) is -1.39. The lowest BCUT2D eigenvalue weighted by molar-refractivity contribution is 0.426. The van der Waals surface area contributed by atoms with Gasteiger partial charge in [-0.2, -0.15) is 0 Å². The molecule has 0 amide bonds. The van der Waals surface area contributed by atoms with E-state index in [1.165, 1.54) is 98.0 Å². The molecule has 2 nitrogen and oxygen atoms in total. The van der Waals surface area contributed by atoms with Crippen LogP contribution in [0.2, 0.25) is 0 Å². The first-order valence-electron chi connectivity index (χ1n) is 25.4. The first-order valence-corrected chi connectivity index (χ1v) is 27.0. The van der Waals surface area contributed by atoms with Gasteiger partial charge in [0.05, 0.1) is 0 Å². The van der Waals surface area contributed by atoms with Crippen LogP contribution in [-0.4, -0.2) is 17.2 Å². The van der Waals surface area contributed by atoms with Gasteiger partial charge >= 0.3 is 7.12 Å². The van der Waals surface area contributed by atoms with E-state index in [0.717, 1.165) is 62.5 Å². The highest BCUT2D eigenvalue weighted by molar-refractivity contribution is 9.10. The van der Waals surface area contributed by atoms with Crippen molar-refractivity contribution < 1.29 is 10.0 Å². The number of halogens is 2. The van der Waals surface area contributed by atoms with Crippen LogP contribution in [0, 0.1) is 0 Å². The van der Waals surface area contributed by atoms with Crippen molar-refractivity contribution in [3.8, 4) is 55.6 Å². The van der Waals surface area contributed by atoms with Gasteiger partial charge in [-0.15, -0.1) is 0 Å². The maximum atomic E-state index is 8.94. The Kier molecular flexibility index (Phi) is 16.2. The molecule has 0 saturated carbocycles. The monoisotopic (exact) mass is 1070 g/mol. The highest BCUT2D eigenvalue weighted by Gasteiger charge is 2.15. The molecular weight excluding hydrogens is 1020 g/mol. The van der Waals surface area contributed by atoms with Gasteiger partial charge in [0.1, 0.15) is 0 Å². The topological polar surface area (TPSA) is 40.5 Å². The van der Waals surface area contributed by atoms with Gasteiger partial charge in [0.2, 0.25) is 0 Å². The van der Waals surface area contributed by atoms with E-state index in [2.05, 4.69) is 214 Å². The number of hydrogen-bond donors (Lipinski definition) is 2. The van der Waals surface area contributed by atoms with E-state index in [1.807, 2.05) is 42.5 Å². The van der Waals surface area contributed by atoms with Crippen molar-refractivity contribution in [1.29, 1.82) is 0 Å². The fraction of sp³-hybridized carbons (Fsp3) is 0.118. The van der Waals surface area contributed by atoms with Crippen molar-refractivity contribution >= 4 is 44.4 Å². The van der Waals surface area contributed by atoms with Crippen LogP contribution in [-0.2, 0) is 51.4 Å². The SMILES string of the molecule is Brc1cc2ccc1CCc1ccc(cc1Br)CC2.OB(O)c1ccc(-c2ccccc2)cc1.c1ccc(-c2ccc(-c3cc4ccc3CCc3ccc(cc3-c3ccc(-c5ccccc5)cc3)CC4)cc2)cc1. The molecule has 8 aliphatic rings. The average Bonchev–Trinajstić information content (AvgIpc) is 3.44. The van der Waals surface area contributed by atoms with E-state index >= 15 is 0 Å². The standard InChI is InChI=1S/C40H32.C16H14Br2.C12H11BO2/c1-3-7-31(8-4-1)33-17-21-37(22-18-33)39-27-29-11-12-30-14-16-36(26-25-35(39)15-13-29)40(28-30)38-23-19-34(20-24-38)32-9-5-2-6-10-32;17-15-9-11-1-2-12-4-6-14(16(18)10-12)8-7-13(15)5-3-11;14-13(15)12-8-6-11(7-9-12)10-4-2-1-3-5-10/h1-10,13-24,27-28H,11-12,25-26H2;3-6,9-10H,1-2,7-8H2;1-9,14-15H. The molecular formula is C68H57BBr2O2.